The van der Waals surface area contributed by atoms with Gasteiger partial charge in [0.15, 0.2) is 0 Å². The van der Waals surface area contributed by atoms with E-state index in [1.54, 1.807) is 24.3 Å². The van der Waals surface area contributed by atoms with Crippen LogP contribution in [0, 0.1) is 6.92 Å². The zero-order valence-electron chi connectivity index (χ0n) is 12.0. The van der Waals surface area contributed by atoms with E-state index in [0.717, 1.165) is 11.1 Å². The summed E-state index contributed by atoms with van der Waals surface area (Å²) in [6.45, 7) is 1.96. The minimum absolute atomic E-state index is 0.384. The van der Waals surface area contributed by atoms with Crippen LogP contribution in [0.25, 0.3) is 6.08 Å². The predicted octanol–water partition coefficient (Wildman–Crippen LogP) is 3.23. The number of carbonyl (C=O) groups excluding carboxylic acids is 2. The number of benzene rings is 2. The highest BCUT2D eigenvalue weighted by atomic mass is 79.9. The molecule has 2 N–H and O–H groups in total. The van der Waals surface area contributed by atoms with Crippen LogP contribution in [-0.4, -0.2) is 11.8 Å². The van der Waals surface area contributed by atoms with Crippen LogP contribution in [0.4, 0.5) is 0 Å². The molecule has 112 valence electrons. The molecule has 0 saturated carbocycles. The van der Waals surface area contributed by atoms with E-state index in [1.165, 1.54) is 6.08 Å². The third kappa shape index (κ3) is 4.30. The smallest absolute Gasteiger partial charge is 0.268 e. The number of amides is 2. The van der Waals surface area contributed by atoms with Crippen molar-refractivity contribution in [2.24, 2.45) is 0 Å². The van der Waals surface area contributed by atoms with Gasteiger partial charge in [0, 0.05) is 10.5 Å². The van der Waals surface area contributed by atoms with Crippen molar-refractivity contribution in [3.63, 3.8) is 0 Å². The molecule has 0 radical (unpaired) electrons. The van der Waals surface area contributed by atoms with Crippen molar-refractivity contribution >= 4 is 33.8 Å². The van der Waals surface area contributed by atoms with Gasteiger partial charge in [-0.3, -0.25) is 20.4 Å². The van der Waals surface area contributed by atoms with Crippen LogP contribution in [0.15, 0.2) is 59.1 Å². The molecule has 2 aromatic rings. The van der Waals surface area contributed by atoms with Gasteiger partial charge in [-0.05, 0) is 52.2 Å². The molecule has 0 bridgehead atoms. The second kappa shape index (κ2) is 7.56. The minimum Gasteiger partial charge on any atom is -0.268 e. The molecule has 5 heteroatoms. The van der Waals surface area contributed by atoms with Gasteiger partial charge in [0.2, 0.25) is 0 Å². The third-order valence-electron chi connectivity index (χ3n) is 3.02. The first-order valence-electron chi connectivity index (χ1n) is 6.66. The molecule has 0 aliphatic carbocycles. The normalized spacial score (nSPS) is 10.5. The second-order valence-corrected chi connectivity index (χ2v) is 5.47. The summed E-state index contributed by atoms with van der Waals surface area (Å²) in [7, 11) is 0. The fraction of sp³-hybridized carbons (Fsp3) is 0.0588. The first-order valence-corrected chi connectivity index (χ1v) is 7.46. The molecule has 2 rings (SSSR count). The summed E-state index contributed by atoms with van der Waals surface area (Å²) >= 11 is 3.29. The molecule has 0 fully saturated rings. The lowest BCUT2D eigenvalue weighted by atomic mass is 10.1. The maximum absolute atomic E-state index is 11.9. The van der Waals surface area contributed by atoms with Gasteiger partial charge in [0.1, 0.15) is 0 Å². The molecule has 4 nitrogen and oxygen atoms in total. The molecule has 0 aromatic heterocycles. The Labute approximate surface area is 137 Å². The summed E-state index contributed by atoms with van der Waals surface area (Å²) in [5.74, 6) is -0.784. The van der Waals surface area contributed by atoms with E-state index in [9.17, 15) is 9.59 Å². The molecule has 0 unspecified atom stereocenters. The van der Waals surface area contributed by atoms with E-state index in [0.29, 0.717) is 10.0 Å². The summed E-state index contributed by atoms with van der Waals surface area (Å²) in [6.07, 6.45) is 3.08. The zero-order valence-corrected chi connectivity index (χ0v) is 13.6. The monoisotopic (exact) mass is 358 g/mol. The van der Waals surface area contributed by atoms with Crippen molar-refractivity contribution in [1.82, 2.24) is 10.9 Å². The number of hydrogen-bond donors (Lipinski definition) is 2. The first-order chi connectivity index (χ1) is 10.6. The third-order valence-corrected chi connectivity index (χ3v) is 3.71. The van der Waals surface area contributed by atoms with Crippen molar-refractivity contribution in [1.29, 1.82) is 0 Å². The number of nitrogens with one attached hydrogen (secondary N) is 2. The van der Waals surface area contributed by atoms with Crippen LogP contribution < -0.4 is 10.9 Å². The minimum atomic E-state index is -0.399. The highest BCUT2D eigenvalue weighted by Crippen LogP contribution is 2.15. The van der Waals surface area contributed by atoms with Crippen molar-refractivity contribution in [3.8, 4) is 0 Å². The second-order valence-electron chi connectivity index (χ2n) is 4.61. The van der Waals surface area contributed by atoms with Crippen LogP contribution in [0.1, 0.15) is 21.5 Å². The Balaban J connectivity index is 1.92. The fourth-order valence-corrected chi connectivity index (χ4v) is 2.28. The molecule has 0 heterocycles. The van der Waals surface area contributed by atoms with E-state index in [4.69, 9.17) is 0 Å². The lowest BCUT2D eigenvalue weighted by molar-refractivity contribution is -0.117. The van der Waals surface area contributed by atoms with Crippen LogP contribution in [-0.2, 0) is 4.79 Å². The maximum Gasteiger partial charge on any atom is 0.270 e. The van der Waals surface area contributed by atoms with Crippen molar-refractivity contribution < 1.29 is 9.59 Å². The molecule has 2 aromatic carbocycles. The highest BCUT2D eigenvalue weighted by Gasteiger charge is 2.09. The van der Waals surface area contributed by atoms with E-state index in [2.05, 4.69) is 26.8 Å². The Morgan fingerprint density at radius 2 is 1.68 bits per heavy atom. The summed E-state index contributed by atoms with van der Waals surface area (Å²) in [5.41, 5.74) is 7.20. The average Bonchev–Trinajstić information content (AvgIpc) is 2.52. The first kappa shape index (κ1) is 16.0. The summed E-state index contributed by atoms with van der Waals surface area (Å²) < 4.78 is 0.664. The van der Waals surface area contributed by atoms with Gasteiger partial charge in [-0.1, -0.05) is 36.4 Å². The van der Waals surface area contributed by atoms with Crippen LogP contribution >= 0.6 is 15.9 Å². The molecular formula is C17H15BrN2O2. The van der Waals surface area contributed by atoms with Gasteiger partial charge in [-0.25, -0.2) is 0 Å². The number of rotatable bonds is 3. The maximum atomic E-state index is 11.9. The lowest BCUT2D eigenvalue weighted by Gasteiger charge is -2.06. The number of aryl methyl sites for hydroxylation is 1. The van der Waals surface area contributed by atoms with Crippen molar-refractivity contribution in [2.75, 3.05) is 0 Å². The van der Waals surface area contributed by atoms with Gasteiger partial charge >= 0.3 is 0 Å². The predicted molar refractivity (Wildman–Crippen MR) is 90.0 cm³/mol. The number of hydrogen-bond acceptors (Lipinski definition) is 2. The Morgan fingerprint density at radius 1 is 1.00 bits per heavy atom. The van der Waals surface area contributed by atoms with Crippen LogP contribution in [0.3, 0.4) is 0 Å². The molecule has 0 aliphatic heterocycles. The Kier molecular flexibility index (Phi) is 5.49. The SMILES string of the molecule is Cc1ccccc1/C=C/C(=O)NNC(=O)c1ccccc1Br. The Bertz CT molecular complexity index is 726. The van der Waals surface area contributed by atoms with E-state index in [-0.39, 0.29) is 5.91 Å². The summed E-state index contributed by atoms with van der Waals surface area (Å²) in [6, 6.07) is 14.7. The molecule has 0 aliphatic rings. The summed E-state index contributed by atoms with van der Waals surface area (Å²) in [5, 5.41) is 0. The van der Waals surface area contributed by atoms with Gasteiger partial charge in [-0.15, -0.1) is 0 Å². The molecular weight excluding hydrogens is 344 g/mol. The number of carbonyl (C=O) groups is 2. The summed E-state index contributed by atoms with van der Waals surface area (Å²) in [4.78, 5) is 23.6. The van der Waals surface area contributed by atoms with Gasteiger partial charge in [-0.2, -0.15) is 0 Å². The van der Waals surface area contributed by atoms with E-state index >= 15 is 0 Å². The Morgan fingerprint density at radius 3 is 2.41 bits per heavy atom. The van der Waals surface area contributed by atoms with E-state index in [1.807, 2.05) is 37.3 Å². The Hall–Kier alpha value is -2.40. The lowest BCUT2D eigenvalue weighted by Crippen LogP contribution is -2.40. The van der Waals surface area contributed by atoms with Gasteiger partial charge < -0.3 is 0 Å². The number of halogens is 1. The van der Waals surface area contributed by atoms with Crippen molar-refractivity contribution in [3.05, 3.63) is 75.8 Å². The molecule has 0 spiro atoms. The standard InChI is InChI=1S/C17H15BrN2O2/c1-12-6-2-3-7-13(12)10-11-16(21)19-20-17(22)14-8-4-5-9-15(14)18/h2-11H,1H3,(H,19,21)(H,20,22)/b11-10+. The quantitative estimate of drug-likeness (QED) is 0.653. The number of hydrazine groups is 1. The molecule has 0 atom stereocenters. The molecule has 0 saturated heterocycles. The largest absolute Gasteiger partial charge is 0.270 e. The van der Waals surface area contributed by atoms with Gasteiger partial charge in [0.25, 0.3) is 11.8 Å². The zero-order chi connectivity index (χ0) is 15.9. The molecule has 22 heavy (non-hydrogen) atoms. The van der Waals surface area contributed by atoms with Crippen LogP contribution in [0.5, 0.6) is 0 Å². The van der Waals surface area contributed by atoms with Gasteiger partial charge in [0.05, 0.1) is 5.56 Å². The fourth-order valence-electron chi connectivity index (χ4n) is 1.81. The average molecular weight is 359 g/mol. The molecule has 2 amide bonds. The van der Waals surface area contributed by atoms with Crippen molar-refractivity contribution in [2.45, 2.75) is 6.92 Å². The van der Waals surface area contributed by atoms with E-state index < -0.39 is 5.91 Å². The van der Waals surface area contributed by atoms with Crippen LogP contribution in [0.2, 0.25) is 0 Å². The topological polar surface area (TPSA) is 58.2 Å². The highest BCUT2D eigenvalue weighted by molar-refractivity contribution is 9.10.